The highest BCUT2D eigenvalue weighted by Gasteiger charge is 2.31. The van der Waals surface area contributed by atoms with Crippen LogP contribution >= 0.6 is 0 Å². The Hall–Kier alpha value is -6.84. The molecule has 0 N–H and O–H groups in total. The van der Waals surface area contributed by atoms with Crippen LogP contribution in [0.2, 0.25) is 0 Å². The first-order chi connectivity index (χ1) is 27.3. The molecule has 9 aromatic rings. The zero-order chi connectivity index (χ0) is 36.3. The molecular weight excluding hydrogens is 669 g/mol. The molecule has 0 saturated heterocycles. The average Bonchev–Trinajstić information content (AvgIpc) is 3.65. The van der Waals surface area contributed by atoms with Crippen LogP contribution in [-0.2, 0) is 6.42 Å². The normalized spacial score (nSPS) is 16.5. The van der Waals surface area contributed by atoms with E-state index in [1.54, 1.807) is 0 Å². The molecule has 0 saturated carbocycles. The quantitative estimate of drug-likeness (QED) is 0.167. The Balaban J connectivity index is 1.05. The van der Waals surface area contributed by atoms with E-state index in [1.807, 2.05) is 6.20 Å². The first-order valence-corrected chi connectivity index (χ1v) is 19.2. The average molecular weight is 705 g/mol. The summed E-state index contributed by atoms with van der Waals surface area (Å²) in [5.74, 6) is 1.81. The number of fused-ring (bicyclic) bond motifs is 9. The van der Waals surface area contributed by atoms with E-state index in [4.69, 9.17) is 14.4 Å². The SMILES string of the molecule is C1=CCC(C2C=C(c3ccccc3)c3oc4c(-c5ccccc5)cc(-c5ccc(-c6cnc7c8ccccc8c8ccccc8c7n6)cc5)cc4c3C2)C=C1. The zero-order valence-corrected chi connectivity index (χ0v) is 30.2. The Morgan fingerprint density at radius 1 is 0.527 bits per heavy atom. The molecule has 3 nitrogen and oxygen atoms in total. The number of hydrogen-bond donors (Lipinski definition) is 0. The third-order valence-corrected chi connectivity index (χ3v) is 11.6. The van der Waals surface area contributed by atoms with Crippen LogP contribution in [0.5, 0.6) is 0 Å². The molecule has 0 spiro atoms. The number of rotatable bonds is 5. The standard InChI is InChI=1S/C52H36N2O/c1-4-14-33(15-5-1)38-28-44(35-16-6-2-7-17-35)51-46(30-38)47-31-39(29-45(52(47)55-51)36-18-8-3-9-19-36)34-24-26-37(27-25-34)48-32-53-49-42-22-12-10-20-40(42)41-21-11-13-23-43(41)50(49)54-48/h1-14,16-29,31-33,38H,15,30H2. The molecule has 2 unspecified atom stereocenters. The number of benzene rings is 7. The summed E-state index contributed by atoms with van der Waals surface area (Å²) in [6, 6.07) is 51.9. The van der Waals surface area contributed by atoms with E-state index in [-0.39, 0.29) is 0 Å². The van der Waals surface area contributed by atoms with Crippen LogP contribution in [0.4, 0.5) is 0 Å². The van der Waals surface area contributed by atoms with Crippen LogP contribution in [0.25, 0.3) is 82.6 Å². The summed E-state index contributed by atoms with van der Waals surface area (Å²) >= 11 is 0. The smallest absolute Gasteiger partial charge is 0.142 e. The molecule has 0 radical (unpaired) electrons. The van der Waals surface area contributed by atoms with Gasteiger partial charge in [-0.25, -0.2) is 4.98 Å². The minimum absolute atomic E-state index is 0.367. The van der Waals surface area contributed by atoms with Gasteiger partial charge in [0.05, 0.1) is 22.9 Å². The zero-order valence-electron chi connectivity index (χ0n) is 30.2. The van der Waals surface area contributed by atoms with E-state index >= 15 is 0 Å². The lowest BCUT2D eigenvalue weighted by atomic mass is 9.76. The van der Waals surface area contributed by atoms with E-state index in [9.17, 15) is 0 Å². The Kier molecular flexibility index (Phi) is 7.44. The highest BCUT2D eigenvalue weighted by molar-refractivity contribution is 6.23. The molecule has 11 rings (SSSR count). The molecule has 2 heterocycles. The number of furan rings is 1. The second kappa shape index (κ2) is 12.9. The first-order valence-electron chi connectivity index (χ1n) is 19.2. The molecule has 2 aliphatic carbocycles. The summed E-state index contributed by atoms with van der Waals surface area (Å²) in [4.78, 5) is 10.3. The molecule has 0 bridgehead atoms. The van der Waals surface area contributed by atoms with Crippen LogP contribution in [-0.4, -0.2) is 9.97 Å². The maximum Gasteiger partial charge on any atom is 0.142 e. The van der Waals surface area contributed by atoms with Crippen molar-refractivity contribution in [3.05, 3.63) is 199 Å². The fourth-order valence-electron chi connectivity index (χ4n) is 8.89. The Morgan fingerprint density at radius 2 is 1.18 bits per heavy atom. The summed E-state index contributed by atoms with van der Waals surface area (Å²) in [6.45, 7) is 0. The Bertz CT molecular complexity index is 2990. The third kappa shape index (κ3) is 5.34. The van der Waals surface area contributed by atoms with Crippen molar-refractivity contribution in [2.75, 3.05) is 0 Å². The molecule has 2 atom stereocenters. The van der Waals surface area contributed by atoms with E-state index in [0.29, 0.717) is 11.8 Å². The summed E-state index contributed by atoms with van der Waals surface area (Å²) < 4.78 is 7.02. The van der Waals surface area contributed by atoms with E-state index in [0.717, 1.165) is 79.5 Å². The monoisotopic (exact) mass is 704 g/mol. The lowest BCUT2D eigenvalue weighted by molar-refractivity contribution is 0.463. The van der Waals surface area contributed by atoms with Crippen LogP contribution in [0.1, 0.15) is 23.3 Å². The van der Waals surface area contributed by atoms with Crippen LogP contribution in [0.3, 0.4) is 0 Å². The van der Waals surface area contributed by atoms with Gasteiger partial charge >= 0.3 is 0 Å². The van der Waals surface area contributed by atoms with Gasteiger partial charge in [-0.15, -0.1) is 0 Å². The van der Waals surface area contributed by atoms with Crippen molar-refractivity contribution in [1.29, 1.82) is 0 Å². The lowest BCUT2D eigenvalue weighted by Gasteiger charge is -2.27. The summed E-state index contributed by atoms with van der Waals surface area (Å²) in [6.07, 6.45) is 15.4. The van der Waals surface area contributed by atoms with Crippen LogP contribution in [0.15, 0.2) is 187 Å². The summed E-state index contributed by atoms with van der Waals surface area (Å²) in [5, 5.41) is 5.84. The van der Waals surface area contributed by atoms with E-state index < -0.39 is 0 Å². The van der Waals surface area contributed by atoms with Gasteiger partial charge in [-0.3, -0.25) is 4.98 Å². The maximum atomic E-state index is 7.02. The largest absolute Gasteiger partial charge is 0.455 e. The Labute approximate surface area is 319 Å². The molecule has 260 valence electrons. The highest BCUT2D eigenvalue weighted by atomic mass is 16.3. The van der Waals surface area contributed by atoms with Crippen molar-refractivity contribution < 1.29 is 4.42 Å². The van der Waals surface area contributed by atoms with Crippen molar-refractivity contribution in [1.82, 2.24) is 9.97 Å². The molecular formula is C52H36N2O. The predicted molar refractivity (Wildman–Crippen MR) is 228 cm³/mol. The maximum absolute atomic E-state index is 7.02. The topological polar surface area (TPSA) is 38.9 Å². The molecule has 55 heavy (non-hydrogen) atoms. The Morgan fingerprint density at radius 3 is 1.89 bits per heavy atom. The lowest BCUT2D eigenvalue weighted by Crippen LogP contribution is -2.18. The van der Waals surface area contributed by atoms with Gasteiger partial charge in [-0.05, 0) is 69.8 Å². The van der Waals surface area contributed by atoms with E-state index in [1.165, 1.54) is 32.9 Å². The first kappa shape index (κ1) is 31.7. The second-order valence-corrected chi connectivity index (χ2v) is 14.8. The fourth-order valence-corrected chi connectivity index (χ4v) is 8.89. The summed E-state index contributed by atoms with van der Waals surface area (Å²) in [5.41, 5.74) is 13.0. The van der Waals surface area contributed by atoms with E-state index in [2.05, 4.69) is 176 Å². The number of aromatic nitrogens is 2. The molecule has 2 aliphatic rings. The second-order valence-electron chi connectivity index (χ2n) is 14.8. The molecule has 0 fully saturated rings. The number of allylic oxidation sites excluding steroid dienone is 5. The number of nitrogens with zero attached hydrogens (tertiary/aromatic N) is 2. The van der Waals surface area contributed by atoms with Crippen LogP contribution < -0.4 is 0 Å². The number of hydrogen-bond acceptors (Lipinski definition) is 3. The van der Waals surface area contributed by atoms with Gasteiger partial charge in [-0.1, -0.05) is 164 Å². The fraction of sp³-hybridized carbons (Fsp3) is 0.0769. The van der Waals surface area contributed by atoms with Crippen molar-refractivity contribution in [3.8, 4) is 33.5 Å². The minimum atomic E-state index is 0.367. The van der Waals surface area contributed by atoms with Crippen molar-refractivity contribution in [2.45, 2.75) is 12.8 Å². The molecule has 7 aromatic carbocycles. The molecule has 0 aliphatic heterocycles. The van der Waals surface area contributed by atoms with Crippen molar-refractivity contribution in [3.63, 3.8) is 0 Å². The van der Waals surface area contributed by atoms with Gasteiger partial charge in [0.1, 0.15) is 11.3 Å². The molecule has 0 amide bonds. The molecule has 3 heteroatoms. The van der Waals surface area contributed by atoms with Crippen molar-refractivity contribution >= 4 is 49.1 Å². The van der Waals surface area contributed by atoms with Gasteiger partial charge < -0.3 is 4.42 Å². The van der Waals surface area contributed by atoms with Gasteiger partial charge in [0.25, 0.3) is 0 Å². The predicted octanol–water partition coefficient (Wildman–Crippen LogP) is 13.4. The summed E-state index contributed by atoms with van der Waals surface area (Å²) in [7, 11) is 0. The van der Waals surface area contributed by atoms with Gasteiger partial charge in [0, 0.05) is 38.4 Å². The van der Waals surface area contributed by atoms with Crippen molar-refractivity contribution in [2.24, 2.45) is 11.8 Å². The van der Waals surface area contributed by atoms with Gasteiger partial charge in [-0.2, -0.15) is 0 Å². The van der Waals surface area contributed by atoms with Crippen LogP contribution in [0, 0.1) is 11.8 Å². The van der Waals surface area contributed by atoms with Gasteiger partial charge in [0.15, 0.2) is 0 Å². The highest BCUT2D eigenvalue weighted by Crippen LogP contribution is 2.46. The van der Waals surface area contributed by atoms with Gasteiger partial charge in [0.2, 0.25) is 0 Å². The molecule has 2 aromatic heterocycles. The minimum Gasteiger partial charge on any atom is -0.455 e. The third-order valence-electron chi connectivity index (χ3n) is 11.6.